The van der Waals surface area contributed by atoms with Gasteiger partial charge in [0.25, 0.3) is 5.82 Å². The van der Waals surface area contributed by atoms with Crippen molar-refractivity contribution >= 4 is 11.5 Å². The minimum atomic E-state index is -4.62. The molecule has 0 saturated carbocycles. The maximum Gasteiger partial charge on any atom is 0.453 e. The summed E-state index contributed by atoms with van der Waals surface area (Å²) in [5.41, 5.74) is 0.659. The van der Waals surface area contributed by atoms with E-state index in [9.17, 15) is 13.2 Å². The number of hydrogen-bond donors (Lipinski definition) is 1. The smallest absolute Gasteiger partial charge is 0.363 e. The van der Waals surface area contributed by atoms with Gasteiger partial charge in [0.15, 0.2) is 5.65 Å². The molecular formula is C11H8F3N7. The van der Waals surface area contributed by atoms with Crippen molar-refractivity contribution in [3.05, 3.63) is 42.0 Å². The molecule has 108 valence electrons. The lowest BCUT2D eigenvalue weighted by molar-refractivity contribution is -0.146. The summed E-state index contributed by atoms with van der Waals surface area (Å²) >= 11 is 0. The van der Waals surface area contributed by atoms with Crippen molar-refractivity contribution in [2.45, 2.75) is 12.7 Å². The second-order valence-electron chi connectivity index (χ2n) is 4.08. The van der Waals surface area contributed by atoms with Gasteiger partial charge in [-0.15, -0.1) is 15.3 Å². The third kappa shape index (κ3) is 2.73. The number of halogens is 3. The van der Waals surface area contributed by atoms with Crippen molar-refractivity contribution in [2.24, 2.45) is 0 Å². The molecule has 3 rings (SSSR count). The van der Waals surface area contributed by atoms with Gasteiger partial charge in [-0.1, -0.05) is 0 Å². The van der Waals surface area contributed by atoms with Crippen LogP contribution in [-0.2, 0) is 12.7 Å². The molecule has 0 aliphatic heterocycles. The fraction of sp³-hybridized carbons (Fsp3) is 0.182. The highest BCUT2D eigenvalue weighted by Gasteiger charge is 2.37. The van der Waals surface area contributed by atoms with Gasteiger partial charge in [0, 0.05) is 6.20 Å². The van der Waals surface area contributed by atoms with Gasteiger partial charge in [-0.25, -0.2) is 0 Å². The maximum absolute atomic E-state index is 12.7. The van der Waals surface area contributed by atoms with Crippen LogP contribution in [0.3, 0.4) is 0 Å². The molecule has 7 nitrogen and oxygen atoms in total. The van der Waals surface area contributed by atoms with Crippen LogP contribution in [0.4, 0.5) is 19.0 Å². The van der Waals surface area contributed by atoms with Gasteiger partial charge in [0.1, 0.15) is 5.82 Å². The predicted octanol–water partition coefficient (Wildman–Crippen LogP) is 1.55. The lowest BCUT2D eigenvalue weighted by Crippen LogP contribution is -2.13. The first kappa shape index (κ1) is 13.2. The van der Waals surface area contributed by atoms with Crippen LogP contribution in [0, 0.1) is 0 Å². The van der Waals surface area contributed by atoms with E-state index in [0.29, 0.717) is 10.2 Å². The Kier molecular flexibility index (Phi) is 3.12. The lowest BCUT2D eigenvalue weighted by atomic mass is 10.4. The van der Waals surface area contributed by atoms with Crippen LogP contribution in [0.5, 0.6) is 0 Å². The molecule has 0 saturated heterocycles. The Bertz CT molecular complexity index is 753. The number of hydrogen-bond acceptors (Lipinski definition) is 6. The number of anilines is 1. The summed E-state index contributed by atoms with van der Waals surface area (Å²) in [4.78, 5) is 0. The number of nitrogens with one attached hydrogen (secondary N) is 1. The first-order valence-corrected chi connectivity index (χ1v) is 5.84. The fourth-order valence-corrected chi connectivity index (χ4v) is 1.67. The Morgan fingerprint density at radius 2 is 1.95 bits per heavy atom. The quantitative estimate of drug-likeness (QED) is 0.789. The van der Waals surface area contributed by atoms with E-state index in [2.05, 4.69) is 30.8 Å². The third-order valence-electron chi connectivity index (χ3n) is 2.59. The summed E-state index contributed by atoms with van der Waals surface area (Å²) < 4.78 is 38.8. The number of aromatic nitrogens is 6. The standard InChI is InChI=1S/C11H8F3N7/c12-11(13,14)10-19-18-9-4-3-8(20-21(9)10)15-6-7-2-1-5-16-17-7/h1-5H,6H2,(H,15,20). The molecule has 21 heavy (non-hydrogen) atoms. The van der Waals surface area contributed by atoms with Gasteiger partial charge >= 0.3 is 6.18 Å². The lowest BCUT2D eigenvalue weighted by Gasteiger charge is -2.06. The molecule has 0 aliphatic rings. The van der Waals surface area contributed by atoms with E-state index in [1.807, 2.05) is 0 Å². The van der Waals surface area contributed by atoms with E-state index in [1.54, 1.807) is 12.1 Å². The third-order valence-corrected chi connectivity index (χ3v) is 2.59. The normalized spacial score (nSPS) is 11.8. The summed E-state index contributed by atoms with van der Waals surface area (Å²) in [5.74, 6) is -0.917. The molecule has 3 aromatic rings. The van der Waals surface area contributed by atoms with Gasteiger partial charge in [-0.3, -0.25) is 0 Å². The monoisotopic (exact) mass is 295 g/mol. The molecule has 0 fully saturated rings. The van der Waals surface area contributed by atoms with Crippen LogP contribution in [0.25, 0.3) is 5.65 Å². The van der Waals surface area contributed by atoms with Gasteiger partial charge in [0.2, 0.25) is 0 Å². The summed E-state index contributed by atoms with van der Waals surface area (Å²) in [7, 11) is 0. The largest absolute Gasteiger partial charge is 0.453 e. The molecule has 0 aromatic carbocycles. The SMILES string of the molecule is FC(F)(F)c1nnc2ccc(NCc3cccnn3)nn12. The summed E-state index contributed by atoms with van der Waals surface area (Å²) in [6.07, 6.45) is -3.09. The molecule has 0 radical (unpaired) electrons. The van der Waals surface area contributed by atoms with E-state index in [1.165, 1.54) is 18.3 Å². The molecule has 10 heteroatoms. The zero-order valence-electron chi connectivity index (χ0n) is 10.4. The van der Waals surface area contributed by atoms with Gasteiger partial charge in [-0.2, -0.15) is 27.9 Å². The second-order valence-corrected chi connectivity index (χ2v) is 4.08. The second kappa shape index (κ2) is 4.96. The fourth-order valence-electron chi connectivity index (χ4n) is 1.67. The topological polar surface area (TPSA) is 80.9 Å². The van der Waals surface area contributed by atoms with Crippen molar-refractivity contribution in [3.8, 4) is 0 Å². The Morgan fingerprint density at radius 1 is 1.10 bits per heavy atom. The van der Waals surface area contributed by atoms with Crippen molar-refractivity contribution < 1.29 is 13.2 Å². The molecule has 0 spiro atoms. The molecule has 3 aromatic heterocycles. The molecule has 0 aliphatic carbocycles. The predicted molar refractivity (Wildman–Crippen MR) is 65.1 cm³/mol. The minimum absolute atomic E-state index is 0.0207. The van der Waals surface area contributed by atoms with Gasteiger partial charge < -0.3 is 5.32 Å². The maximum atomic E-state index is 12.7. The molecule has 0 atom stereocenters. The zero-order chi connectivity index (χ0) is 14.9. The van der Waals surface area contributed by atoms with Crippen LogP contribution in [0.1, 0.15) is 11.5 Å². The van der Waals surface area contributed by atoms with Crippen molar-refractivity contribution in [1.29, 1.82) is 0 Å². The van der Waals surface area contributed by atoms with E-state index in [-0.39, 0.29) is 18.0 Å². The van der Waals surface area contributed by atoms with Gasteiger partial charge in [0.05, 0.1) is 12.2 Å². The van der Waals surface area contributed by atoms with Crippen LogP contribution in [-0.4, -0.2) is 30.0 Å². The van der Waals surface area contributed by atoms with Crippen LogP contribution in [0.2, 0.25) is 0 Å². The van der Waals surface area contributed by atoms with E-state index in [0.717, 1.165) is 0 Å². The number of fused-ring (bicyclic) bond motifs is 1. The Hall–Kier alpha value is -2.78. The van der Waals surface area contributed by atoms with E-state index in [4.69, 9.17) is 0 Å². The number of rotatable bonds is 3. The first-order valence-electron chi connectivity index (χ1n) is 5.84. The highest BCUT2D eigenvalue weighted by molar-refractivity contribution is 5.44. The van der Waals surface area contributed by atoms with Crippen LogP contribution < -0.4 is 5.32 Å². The Labute approximate surface area is 115 Å². The molecule has 0 unspecified atom stereocenters. The van der Waals surface area contributed by atoms with E-state index >= 15 is 0 Å². The Balaban J connectivity index is 1.87. The highest BCUT2D eigenvalue weighted by Crippen LogP contribution is 2.27. The average molecular weight is 295 g/mol. The summed E-state index contributed by atoms with van der Waals surface area (Å²) in [6, 6.07) is 6.36. The average Bonchev–Trinajstić information content (AvgIpc) is 2.89. The summed E-state index contributed by atoms with van der Waals surface area (Å²) in [6.45, 7) is 0.288. The van der Waals surface area contributed by atoms with Crippen LogP contribution >= 0.6 is 0 Å². The molecule has 0 amide bonds. The molecule has 1 N–H and O–H groups in total. The van der Waals surface area contributed by atoms with Gasteiger partial charge in [-0.05, 0) is 24.3 Å². The first-order chi connectivity index (χ1) is 10.0. The van der Waals surface area contributed by atoms with Crippen LogP contribution in [0.15, 0.2) is 30.5 Å². The Morgan fingerprint density at radius 3 is 2.67 bits per heavy atom. The van der Waals surface area contributed by atoms with Crippen molar-refractivity contribution in [3.63, 3.8) is 0 Å². The van der Waals surface area contributed by atoms with Crippen molar-refractivity contribution in [1.82, 2.24) is 30.0 Å². The zero-order valence-corrected chi connectivity index (χ0v) is 10.4. The minimum Gasteiger partial charge on any atom is -0.363 e. The highest BCUT2D eigenvalue weighted by atomic mass is 19.4. The van der Waals surface area contributed by atoms with E-state index < -0.39 is 12.0 Å². The molecule has 3 heterocycles. The summed E-state index contributed by atoms with van der Waals surface area (Å²) in [5, 5.41) is 20.8. The van der Waals surface area contributed by atoms with Crippen molar-refractivity contribution in [2.75, 3.05) is 5.32 Å². The number of nitrogens with zero attached hydrogens (tertiary/aromatic N) is 6. The molecule has 0 bridgehead atoms. The molecular weight excluding hydrogens is 287 g/mol. The number of alkyl halides is 3.